The fraction of sp³-hybridized carbons (Fsp3) is 0.294. The van der Waals surface area contributed by atoms with Gasteiger partial charge in [-0.05, 0) is 18.2 Å². The summed E-state index contributed by atoms with van der Waals surface area (Å²) in [5, 5.41) is 8.36. The van der Waals surface area contributed by atoms with E-state index in [1.54, 1.807) is 6.07 Å². The molecular formula is C17H16ClFN4O2. The van der Waals surface area contributed by atoms with E-state index in [4.69, 9.17) is 16.1 Å². The summed E-state index contributed by atoms with van der Waals surface area (Å²) in [5.74, 6) is 0.219. The molecule has 130 valence electrons. The molecule has 0 aliphatic heterocycles. The molecule has 0 radical (unpaired) electrons. The van der Waals surface area contributed by atoms with Crippen molar-refractivity contribution in [3.8, 4) is 11.6 Å². The van der Waals surface area contributed by atoms with Crippen molar-refractivity contribution in [1.29, 1.82) is 0 Å². The van der Waals surface area contributed by atoms with Crippen molar-refractivity contribution < 1.29 is 8.91 Å². The monoisotopic (exact) mass is 362 g/mol. The first kappa shape index (κ1) is 17.3. The summed E-state index contributed by atoms with van der Waals surface area (Å²) in [5.41, 5.74) is -0.151. The Bertz CT molecular complexity index is 955. The number of aromatic nitrogens is 4. The smallest absolute Gasteiger partial charge is 0.278 e. The van der Waals surface area contributed by atoms with Gasteiger partial charge in [-0.2, -0.15) is 10.1 Å². The summed E-state index contributed by atoms with van der Waals surface area (Å²) in [6.45, 7) is 5.76. The Balaban J connectivity index is 1.99. The van der Waals surface area contributed by atoms with E-state index in [0.717, 1.165) is 4.68 Å². The van der Waals surface area contributed by atoms with Crippen LogP contribution in [0.4, 0.5) is 4.39 Å². The van der Waals surface area contributed by atoms with E-state index < -0.39 is 11.4 Å². The summed E-state index contributed by atoms with van der Waals surface area (Å²) in [6, 6.07) is 7.15. The Hall–Kier alpha value is -2.54. The van der Waals surface area contributed by atoms with Crippen LogP contribution in [0.1, 0.15) is 32.2 Å². The van der Waals surface area contributed by atoms with Gasteiger partial charge in [-0.15, -0.1) is 0 Å². The molecule has 0 saturated carbocycles. The van der Waals surface area contributed by atoms with Crippen LogP contribution >= 0.6 is 11.6 Å². The second-order valence-corrected chi connectivity index (χ2v) is 7.00. The fourth-order valence-corrected chi connectivity index (χ4v) is 2.36. The number of hydrogen-bond donors (Lipinski definition) is 0. The summed E-state index contributed by atoms with van der Waals surface area (Å²) in [4.78, 5) is 16.4. The molecule has 0 fully saturated rings. The lowest BCUT2D eigenvalue weighted by molar-refractivity contribution is 0.400. The standard InChI is InChI=1S/C17H16ClFN4O2/c1-17(2,3)16-20-15(25-22-16)13-7-8-14(24)23(21-13)9-10-11(18)5-4-6-12(10)19/h4-8H,9H2,1-3H3. The van der Waals surface area contributed by atoms with Crippen LogP contribution in [0.5, 0.6) is 0 Å². The van der Waals surface area contributed by atoms with Crippen molar-refractivity contribution >= 4 is 11.6 Å². The third-order valence-electron chi connectivity index (χ3n) is 3.55. The maximum Gasteiger partial charge on any atom is 0.278 e. The quantitative estimate of drug-likeness (QED) is 0.713. The topological polar surface area (TPSA) is 73.8 Å². The predicted molar refractivity (Wildman–Crippen MR) is 91.0 cm³/mol. The highest BCUT2D eigenvalue weighted by Crippen LogP contribution is 2.23. The van der Waals surface area contributed by atoms with Gasteiger partial charge in [0.15, 0.2) is 5.82 Å². The number of halogens is 2. The Labute approximate surface area is 148 Å². The number of rotatable bonds is 3. The van der Waals surface area contributed by atoms with Crippen molar-refractivity contribution in [2.24, 2.45) is 0 Å². The normalized spacial score (nSPS) is 11.7. The average Bonchev–Trinajstić information content (AvgIpc) is 3.03. The maximum atomic E-state index is 14.0. The summed E-state index contributed by atoms with van der Waals surface area (Å²) in [7, 11) is 0. The molecule has 3 aromatic rings. The van der Waals surface area contributed by atoms with E-state index in [-0.39, 0.29) is 28.4 Å². The molecule has 0 unspecified atom stereocenters. The highest BCUT2D eigenvalue weighted by Gasteiger charge is 2.22. The molecule has 3 rings (SSSR count). The molecule has 0 aliphatic carbocycles. The molecule has 8 heteroatoms. The third kappa shape index (κ3) is 3.61. The van der Waals surface area contributed by atoms with Crippen molar-refractivity contribution in [1.82, 2.24) is 19.9 Å². The first-order chi connectivity index (χ1) is 11.8. The average molecular weight is 363 g/mol. The van der Waals surface area contributed by atoms with Gasteiger partial charge in [0, 0.05) is 22.1 Å². The molecule has 2 aromatic heterocycles. The SMILES string of the molecule is CC(C)(C)c1noc(-c2ccc(=O)n(Cc3c(F)cccc3Cl)n2)n1. The van der Waals surface area contributed by atoms with Crippen molar-refractivity contribution in [2.45, 2.75) is 32.7 Å². The van der Waals surface area contributed by atoms with Gasteiger partial charge in [-0.3, -0.25) is 4.79 Å². The summed E-state index contributed by atoms with van der Waals surface area (Å²) < 4.78 is 20.3. The van der Waals surface area contributed by atoms with E-state index in [1.165, 1.54) is 24.3 Å². The van der Waals surface area contributed by atoms with Gasteiger partial charge in [-0.25, -0.2) is 9.07 Å². The van der Waals surface area contributed by atoms with Gasteiger partial charge in [0.05, 0.1) is 6.54 Å². The lowest BCUT2D eigenvalue weighted by Gasteiger charge is -2.11. The third-order valence-corrected chi connectivity index (χ3v) is 3.91. The van der Waals surface area contributed by atoms with Crippen LogP contribution < -0.4 is 5.56 Å². The highest BCUT2D eigenvalue weighted by molar-refractivity contribution is 6.31. The molecule has 0 atom stereocenters. The van der Waals surface area contributed by atoms with E-state index >= 15 is 0 Å². The van der Waals surface area contributed by atoms with Crippen LogP contribution in [0.3, 0.4) is 0 Å². The van der Waals surface area contributed by atoms with E-state index in [2.05, 4.69) is 15.2 Å². The first-order valence-electron chi connectivity index (χ1n) is 7.61. The molecule has 25 heavy (non-hydrogen) atoms. The summed E-state index contributed by atoms with van der Waals surface area (Å²) in [6.07, 6.45) is 0. The zero-order valence-corrected chi connectivity index (χ0v) is 14.7. The first-order valence-corrected chi connectivity index (χ1v) is 7.99. The zero-order chi connectivity index (χ0) is 18.2. The Morgan fingerprint density at radius 1 is 1.24 bits per heavy atom. The zero-order valence-electron chi connectivity index (χ0n) is 14.0. The fourth-order valence-electron chi connectivity index (χ4n) is 2.14. The molecule has 1 aromatic carbocycles. The molecule has 0 saturated heterocycles. The van der Waals surface area contributed by atoms with Crippen molar-refractivity contribution in [3.63, 3.8) is 0 Å². The maximum absolute atomic E-state index is 14.0. The van der Waals surface area contributed by atoms with Gasteiger partial charge in [0.2, 0.25) is 0 Å². The number of nitrogens with zero attached hydrogens (tertiary/aromatic N) is 4. The van der Waals surface area contributed by atoms with Gasteiger partial charge >= 0.3 is 0 Å². The van der Waals surface area contributed by atoms with E-state index in [1.807, 2.05) is 20.8 Å². The van der Waals surface area contributed by atoms with Crippen LogP contribution in [-0.4, -0.2) is 19.9 Å². The van der Waals surface area contributed by atoms with Crippen molar-refractivity contribution in [2.75, 3.05) is 0 Å². The largest absolute Gasteiger partial charge is 0.332 e. The lowest BCUT2D eigenvalue weighted by Crippen LogP contribution is -2.23. The molecule has 0 N–H and O–H groups in total. The number of benzene rings is 1. The van der Waals surface area contributed by atoms with Gasteiger partial charge in [0.1, 0.15) is 11.5 Å². The van der Waals surface area contributed by atoms with Crippen LogP contribution in [0.2, 0.25) is 5.02 Å². The van der Waals surface area contributed by atoms with E-state index in [9.17, 15) is 9.18 Å². The minimum atomic E-state index is -0.501. The predicted octanol–water partition coefficient (Wildman–Crippen LogP) is 3.43. The molecule has 0 aliphatic rings. The van der Waals surface area contributed by atoms with Crippen LogP contribution in [0, 0.1) is 5.82 Å². The van der Waals surface area contributed by atoms with Crippen LogP contribution in [0.15, 0.2) is 39.6 Å². The van der Waals surface area contributed by atoms with Crippen molar-refractivity contribution in [3.05, 3.63) is 62.9 Å². The molecular weight excluding hydrogens is 347 g/mol. The van der Waals surface area contributed by atoms with Gasteiger partial charge in [-0.1, -0.05) is 43.6 Å². The molecule has 0 bridgehead atoms. The molecule has 0 amide bonds. The molecule has 0 spiro atoms. The number of hydrogen-bond acceptors (Lipinski definition) is 5. The lowest BCUT2D eigenvalue weighted by atomic mass is 9.96. The minimum absolute atomic E-state index is 0.0988. The molecule has 6 nitrogen and oxygen atoms in total. The summed E-state index contributed by atoms with van der Waals surface area (Å²) >= 11 is 6.02. The highest BCUT2D eigenvalue weighted by atomic mass is 35.5. The Kier molecular flexibility index (Phi) is 4.43. The van der Waals surface area contributed by atoms with Gasteiger partial charge < -0.3 is 4.52 Å². The minimum Gasteiger partial charge on any atom is -0.332 e. The van der Waals surface area contributed by atoms with Crippen LogP contribution in [0.25, 0.3) is 11.6 Å². The molecule has 2 heterocycles. The second kappa shape index (κ2) is 6.40. The Morgan fingerprint density at radius 2 is 2.00 bits per heavy atom. The Morgan fingerprint density at radius 3 is 2.64 bits per heavy atom. The van der Waals surface area contributed by atoms with Gasteiger partial charge in [0.25, 0.3) is 11.4 Å². The van der Waals surface area contributed by atoms with E-state index in [0.29, 0.717) is 11.5 Å². The van der Waals surface area contributed by atoms with Crippen LogP contribution in [-0.2, 0) is 12.0 Å². The second-order valence-electron chi connectivity index (χ2n) is 6.59.